The molecule has 70 heavy (non-hydrogen) atoms. The Kier molecular flexibility index (Phi) is 57.7. The third-order valence-corrected chi connectivity index (χ3v) is 15.2. The standard InChI is InChI=1S/C64H125NO5/c1-3-5-7-9-11-13-15-17-19-21-23-25-27-29-30-31-32-33-34-36-37-39-41-43-45-47-49-51-53-55-57-61(67)63(69)60(59-66)65-64(70)62(68)58-56-54-52-50-48-46-44-42-40-38-35-28-26-24-22-20-18-16-14-12-10-8-6-4-2/h24,26,35,38,60-63,66-69H,3-23,25,27-34,36-37,39-59H2,1-2H3,(H,65,70)/b26-24-,38-35-. The normalized spacial score (nSPS) is 13.7. The van der Waals surface area contributed by atoms with E-state index in [1.807, 2.05) is 0 Å². The molecule has 0 radical (unpaired) electrons. The number of nitrogens with one attached hydrogen (secondary N) is 1. The number of carbonyl (C=O) groups excluding carboxylic acids is 1. The van der Waals surface area contributed by atoms with Crippen LogP contribution < -0.4 is 5.32 Å². The predicted molar refractivity (Wildman–Crippen MR) is 307 cm³/mol. The van der Waals surface area contributed by atoms with Gasteiger partial charge in [-0.25, -0.2) is 0 Å². The van der Waals surface area contributed by atoms with Crippen molar-refractivity contribution in [2.75, 3.05) is 6.61 Å². The quantitative estimate of drug-likeness (QED) is 0.0308. The molecule has 0 aromatic rings. The number of hydrogen-bond acceptors (Lipinski definition) is 5. The van der Waals surface area contributed by atoms with Crippen LogP contribution in [0, 0.1) is 0 Å². The van der Waals surface area contributed by atoms with E-state index in [4.69, 9.17) is 0 Å². The second-order valence-electron chi connectivity index (χ2n) is 22.1. The van der Waals surface area contributed by atoms with Crippen LogP contribution in [-0.4, -0.2) is 57.3 Å². The maximum absolute atomic E-state index is 12.6. The minimum atomic E-state index is -1.26. The Bertz CT molecular complexity index is 1060. The molecule has 0 aromatic carbocycles. The molecule has 0 bridgehead atoms. The van der Waals surface area contributed by atoms with Gasteiger partial charge in [-0.1, -0.05) is 327 Å². The van der Waals surface area contributed by atoms with Gasteiger partial charge in [0.15, 0.2) is 0 Å². The molecule has 0 rings (SSSR count). The summed E-state index contributed by atoms with van der Waals surface area (Å²) in [5.41, 5.74) is 0. The molecule has 0 aromatic heterocycles. The Labute approximate surface area is 437 Å². The Morgan fingerprint density at radius 2 is 0.614 bits per heavy atom. The molecule has 416 valence electrons. The summed E-state index contributed by atoms with van der Waals surface area (Å²) >= 11 is 0. The first-order chi connectivity index (χ1) is 34.5. The number of unbranched alkanes of at least 4 members (excludes halogenated alkanes) is 46. The second kappa shape index (κ2) is 58.7. The van der Waals surface area contributed by atoms with Crippen molar-refractivity contribution >= 4 is 5.91 Å². The molecule has 0 fully saturated rings. The molecule has 0 aliphatic heterocycles. The Morgan fingerprint density at radius 3 is 0.900 bits per heavy atom. The van der Waals surface area contributed by atoms with Gasteiger partial charge in [-0.2, -0.15) is 0 Å². The molecule has 1 amide bonds. The summed E-state index contributed by atoms with van der Waals surface area (Å²) in [5, 5.41) is 44.1. The van der Waals surface area contributed by atoms with E-state index in [1.165, 1.54) is 276 Å². The molecule has 0 saturated heterocycles. The molecule has 0 heterocycles. The summed E-state index contributed by atoms with van der Waals surface area (Å²) in [7, 11) is 0. The summed E-state index contributed by atoms with van der Waals surface area (Å²) in [5.74, 6) is -0.583. The van der Waals surface area contributed by atoms with Gasteiger partial charge in [-0.15, -0.1) is 0 Å². The van der Waals surface area contributed by atoms with Gasteiger partial charge in [-0.3, -0.25) is 4.79 Å². The highest BCUT2D eigenvalue weighted by Gasteiger charge is 2.28. The largest absolute Gasteiger partial charge is 0.394 e. The van der Waals surface area contributed by atoms with Crippen molar-refractivity contribution in [1.82, 2.24) is 5.32 Å². The molecule has 4 unspecified atom stereocenters. The van der Waals surface area contributed by atoms with Crippen molar-refractivity contribution in [3.05, 3.63) is 24.3 Å². The fourth-order valence-electron chi connectivity index (χ4n) is 10.2. The first kappa shape index (κ1) is 68.8. The van der Waals surface area contributed by atoms with Crippen LogP contribution in [0.3, 0.4) is 0 Å². The zero-order valence-electron chi connectivity index (χ0n) is 47.3. The molecule has 0 saturated carbocycles. The summed E-state index contributed by atoms with van der Waals surface area (Å²) < 4.78 is 0. The SMILES string of the molecule is CCCCCCCCCCC/C=C\C/C=C\CCCCCCCCCCC(O)C(=O)NC(CO)C(O)C(O)CCCCCCCCCCCCCCCCCCCCCCCCCCCCCCCC. The lowest BCUT2D eigenvalue weighted by Gasteiger charge is -2.27. The van der Waals surface area contributed by atoms with E-state index in [2.05, 4.69) is 43.5 Å². The van der Waals surface area contributed by atoms with Gasteiger partial charge in [-0.05, 0) is 44.9 Å². The van der Waals surface area contributed by atoms with Crippen LogP contribution in [0.25, 0.3) is 0 Å². The first-order valence-corrected chi connectivity index (χ1v) is 31.7. The molecule has 6 heteroatoms. The zero-order chi connectivity index (χ0) is 50.9. The minimum absolute atomic E-state index is 0.364. The summed E-state index contributed by atoms with van der Waals surface area (Å²) in [6, 6.07) is -0.989. The van der Waals surface area contributed by atoms with Crippen molar-refractivity contribution in [1.29, 1.82) is 0 Å². The summed E-state index contributed by atoms with van der Waals surface area (Å²) in [6.07, 6.45) is 72.7. The Morgan fingerprint density at radius 1 is 0.357 bits per heavy atom. The molecule has 0 aliphatic carbocycles. The van der Waals surface area contributed by atoms with E-state index in [1.54, 1.807) is 0 Å². The minimum Gasteiger partial charge on any atom is -0.394 e. The lowest BCUT2D eigenvalue weighted by atomic mass is 9.99. The topological polar surface area (TPSA) is 110 Å². The van der Waals surface area contributed by atoms with Crippen LogP contribution in [0.4, 0.5) is 0 Å². The second-order valence-corrected chi connectivity index (χ2v) is 22.1. The highest BCUT2D eigenvalue weighted by molar-refractivity contribution is 5.80. The molecule has 6 nitrogen and oxygen atoms in total. The van der Waals surface area contributed by atoms with Crippen LogP contribution in [0.1, 0.15) is 348 Å². The molecule has 5 N–H and O–H groups in total. The van der Waals surface area contributed by atoms with Crippen LogP contribution in [-0.2, 0) is 4.79 Å². The van der Waals surface area contributed by atoms with Gasteiger partial charge in [0.25, 0.3) is 0 Å². The van der Waals surface area contributed by atoms with E-state index in [9.17, 15) is 25.2 Å². The van der Waals surface area contributed by atoms with Crippen LogP contribution in [0.5, 0.6) is 0 Å². The number of amides is 1. The highest BCUT2D eigenvalue weighted by Crippen LogP contribution is 2.19. The van der Waals surface area contributed by atoms with Crippen LogP contribution >= 0.6 is 0 Å². The fourth-order valence-corrected chi connectivity index (χ4v) is 10.2. The average molecular weight is 989 g/mol. The fraction of sp³-hybridized carbons (Fsp3) is 0.922. The smallest absolute Gasteiger partial charge is 0.249 e. The monoisotopic (exact) mass is 988 g/mol. The lowest BCUT2D eigenvalue weighted by Crippen LogP contribution is -2.53. The van der Waals surface area contributed by atoms with E-state index in [-0.39, 0.29) is 0 Å². The van der Waals surface area contributed by atoms with E-state index in [0.29, 0.717) is 12.8 Å². The van der Waals surface area contributed by atoms with Gasteiger partial charge >= 0.3 is 0 Å². The number of aliphatic hydroxyl groups is 4. The zero-order valence-corrected chi connectivity index (χ0v) is 47.3. The molecule has 0 spiro atoms. The summed E-state index contributed by atoms with van der Waals surface area (Å²) in [4.78, 5) is 12.6. The Balaban J connectivity index is 3.58. The third kappa shape index (κ3) is 51.7. The van der Waals surface area contributed by atoms with E-state index < -0.39 is 36.9 Å². The van der Waals surface area contributed by atoms with Gasteiger partial charge in [0, 0.05) is 0 Å². The van der Waals surface area contributed by atoms with Crippen molar-refractivity contribution in [2.45, 2.75) is 372 Å². The maximum Gasteiger partial charge on any atom is 0.249 e. The van der Waals surface area contributed by atoms with Crippen molar-refractivity contribution in [3.63, 3.8) is 0 Å². The van der Waals surface area contributed by atoms with Gasteiger partial charge in [0.1, 0.15) is 12.2 Å². The molecular weight excluding hydrogens is 863 g/mol. The van der Waals surface area contributed by atoms with Gasteiger partial charge < -0.3 is 25.7 Å². The predicted octanol–water partition coefficient (Wildman–Crippen LogP) is 19.0. The number of allylic oxidation sites excluding steroid dienone is 4. The molecule has 4 atom stereocenters. The molecular formula is C64H125NO5. The number of carbonyl (C=O) groups is 1. The number of hydrogen-bond donors (Lipinski definition) is 5. The average Bonchev–Trinajstić information content (AvgIpc) is 3.36. The molecule has 0 aliphatic rings. The van der Waals surface area contributed by atoms with Crippen LogP contribution in [0.2, 0.25) is 0 Å². The summed E-state index contributed by atoms with van der Waals surface area (Å²) in [6.45, 7) is 4.10. The lowest BCUT2D eigenvalue weighted by molar-refractivity contribution is -0.132. The van der Waals surface area contributed by atoms with E-state index in [0.717, 1.165) is 44.9 Å². The first-order valence-electron chi connectivity index (χ1n) is 31.7. The van der Waals surface area contributed by atoms with Crippen molar-refractivity contribution < 1.29 is 25.2 Å². The maximum atomic E-state index is 12.6. The van der Waals surface area contributed by atoms with Gasteiger partial charge in [0.2, 0.25) is 5.91 Å². The van der Waals surface area contributed by atoms with Crippen molar-refractivity contribution in [2.24, 2.45) is 0 Å². The van der Waals surface area contributed by atoms with Crippen molar-refractivity contribution in [3.8, 4) is 0 Å². The number of aliphatic hydroxyl groups excluding tert-OH is 4. The van der Waals surface area contributed by atoms with Crippen LogP contribution in [0.15, 0.2) is 24.3 Å². The Hall–Kier alpha value is -1.21. The third-order valence-electron chi connectivity index (χ3n) is 15.2. The van der Waals surface area contributed by atoms with E-state index >= 15 is 0 Å². The van der Waals surface area contributed by atoms with Gasteiger partial charge in [0.05, 0.1) is 18.8 Å². The highest BCUT2D eigenvalue weighted by atomic mass is 16.3. The number of rotatable bonds is 59.